The monoisotopic (exact) mass is 493 g/mol. The number of ether oxygens (including phenoxy) is 2. The van der Waals surface area contributed by atoms with Gasteiger partial charge in [-0.05, 0) is 37.5 Å². The summed E-state index contributed by atoms with van der Waals surface area (Å²) in [6.45, 7) is 1.34. The van der Waals surface area contributed by atoms with Gasteiger partial charge in [-0.1, -0.05) is 6.07 Å². The van der Waals surface area contributed by atoms with Crippen LogP contribution in [-0.2, 0) is 4.79 Å². The molecule has 0 spiro atoms. The number of fused-ring (bicyclic) bond motifs is 3. The number of carbonyl (C=O) groups is 2. The zero-order chi connectivity index (χ0) is 25.1. The number of aromatic amines is 1. The first-order valence-electron chi connectivity index (χ1n) is 12.0. The highest BCUT2D eigenvalue weighted by Crippen LogP contribution is 2.44. The molecule has 1 atom stereocenters. The molecule has 36 heavy (non-hydrogen) atoms. The van der Waals surface area contributed by atoms with Crippen molar-refractivity contribution in [3.8, 4) is 22.8 Å². The number of rotatable bonds is 3. The maximum Gasteiger partial charge on any atom is 0.255 e. The van der Waals surface area contributed by atoms with Crippen LogP contribution < -0.4 is 25.4 Å². The number of H-pyrrole nitrogens is 1. The number of nitrogens with zero attached hydrogens (tertiary/aromatic N) is 1. The van der Waals surface area contributed by atoms with Crippen LogP contribution in [0.1, 0.15) is 47.7 Å². The van der Waals surface area contributed by atoms with Crippen LogP contribution in [-0.4, -0.2) is 48.6 Å². The topological polar surface area (TPSA) is 117 Å². The molecule has 5 rings (SSSR count). The van der Waals surface area contributed by atoms with Crippen LogP contribution in [0.15, 0.2) is 36.7 Å². The van der Waals surface area contributed by atoms with Gasteiger partial charge in [0.25, 0.3) is 5.91 Å². The van der Waals surface area contributed by atoms with Crippen molar-refractivity contribution in [1.29, 1.82) is 0 Å². The zero-order valence-corrected chi connectivity index (χ0v) is 19.9. The standard InChI is InChI=1S/C26H28FN5O4/c1-35-25-17(27)5-4-6-18(25)31-24-21-22-15(13-30-26(21)34)8-11-29-20(33)7-2-3-12-36-19-14-28-10-9-16(19)23(24)32-22/h4-6,9-10,14-15,31-32H,2-3,7-8,11-13H2,1H3,(H,29,33)(H,30,34). The summed E-state index contributed by atoms with van der Waals surface area (Å²) in [4.78, 5) is 33.1. The van der Waals surface area contributed by atoms with Gasteiger partial charge < -0.3 is 30.4 Å². The Hall–Kier alpha value is -4.08. The fraction of sp³-hybridized carbons (Fsp3) is 0.346. The number of carbonyl (C=O) groups excluding carboxylic acids is 2. The van der Waals surface area contributed by atoms with Crippen LogP contribution in [0, 0.1) is 5.82 Å². The van der Waals surface area contributed by atoms with E-state index in [-0.39, 0.29) is 23.5 Å². The average molecular weight is 494 g/mol. The molecule has 2 aromatic heterocycles. The third kappa shape index (κ3) is 4.58. The zero-order valence-electron chi connectivity index (χ0n) is 19.9. The quantitative estimate of drug-likeness (QED) is 0.440. The minimum atomic E-state index is -0.520. The second-order valence-corrected chi connectivity index (χ2v) is 8.83. The molecule has 3 aromatic rings. The highest BCUT2D eigenvalue weighted by molar-refractivity contribution is 6.07. The van der Waals surface area contributed by atoms with Crippen LogP contribution in [0.4, 0.5) is 15.8 Å². The van der Waals surface area contributed by atoms with Crippen molar-refractivity contribution in [2.75, 3.05) is 32.1 Å². The first kappa shape index (κ1) is 23.7. The van der Waals surface area contributed by atoms with Crippen molar-refractivity contribution in [2.24, 2.45) is 0 Å². The fourth-order valence-electron chi connectivity index (χ4n) is 4.74. The number of aromatic nitrogens is 2. The van der Waals surface area contributed by atoms with E-state index in [1.165, 1.54) is 13.2 Å². The largest absolute Gasteiger partial charge is 0.492 e. The lowest BCUT2D eigenvalue weighted by Crippen LogP contribution is -2.36. The molecule has 0 aliphatic carbocycles. The molecule has 0 fully saturated rings. The van der Waals surface area contributed by atoms with Gasteiger partial charge in [0.05, 0.1) is 42.5 Å². The summed E-state index contributed by atoms with van der Waals surface area (Å²) < 4.78 is 25.8. The van der Waals surface area contributed by atoms with E-state index in [0.29, 0.717) is 79.3 Å². The summed E-state index contributed by atoms with van der Waals surface area (Å²) in [5, 5.41) is 9.19. The molecule has 2 amide bonds. The molecular weight excluding hydrogens is 465 g/mol. The molecule has 188 valence electrons. The highest BCUT2D eigenvalue weighted by Gasteiger charge is 2.33. The second kappa shape index (κ2) is 10.3. The SMILES string of the molecule is COc1c(F)cccc1Nc1c2[nH]c3c1C(=O)NCC3CCNC(=O)CCCCOc1cnccc1-2. The highest BCUT2D eigenvalue weighted by atomic mass is 19.1. The Bertz CT molecular complexity index is 1290. The third-order valence-corrected chi connectivity index (χ3v) is 6.53. The molecule has 4 heterocycles. The molecule has 2 bridgehead atoms. The van der Waals surface area contributed by atoms with Gasteiger partial charge in [0.15, 0.2) is 11.6 Å². The molecule has 1 aromatic carbocycles. The van der Waals surface area contributed by atoms with Crippen molar-refractivity contribution in [1.82, 2.24) is 20.6 Å². The number of amides is 2. The molecule has 0 saturated heterocycles. The normalized spacial score (nSPS) is 18.0. The Labute approximate surface area is 207 Å². The smallest absolute Gasteiger partial charge is 0.255 e. The van der Waals surface area contributed by atoms with Crippen LogP contribution in [0.2, 0.25) is 0 Å². The van der Waals surface area contributed by atoms with E-state index in [1.807, 2.05) is 6.07 Å². The van der Waals surface area contributed by atoms with Gasteiger partial charge in [-0.2, -0.15) is 0 Å². The van der Waals surface area contributed by atoms with Crippen molar-refractivity contribution < 1.29 is 23.5 Å². The molecular formula is C26H28FN5O4. The Balaban J connectivity index is 1.67. The summed E-state index contributed by atoms with van der Waals surface area (Å²) >= 11 is 0. The van der Waals surface area contributed by atoms with Gasteiger partial charge in [-0.15, -0.1) is 0 Å². The Kier molecular flexibility index (Phi) is 6.75. The van der Waals surface area contributed by atoms with E-state index >= 15 is 0 Å². The summed E-state index contributed by atoms with van der Waals surface area (Å²) in [6, 6.07) is 6.39. The molecule has 2 aliphatic rings. The molecule has 9 nitrogen and oxygen atoms in total. The van der Waals surface area contributed by atoms with Gasteiger partial charge in [-0.25, -0.2) is 4.39 Å². The van der Waals surface area contributed by atoms with E-state index in [1.54, 1.807) is 24.5 Å². The van der Waals surface area contributed by atoms with Crippen molar-refractivity contribution in [2.45, 2.75) is 31.6 Å². The second-order valence-electron chi connectivity index (χ2n) is 8.83. The number of nitrogens with one attached hydrogen (secondary N) is 4. The molecule has 0 radical (unpaired) electrons. The average Bonchev–Trinajstić information content (AvgIpc) is 3.25. The molecule has 4 N–H and O–H groups in total. The Morgan fingerprint density at radius 3 is 2.94 bits per heavy atom. The summed E-state index contributed by atoms with van der Waals surface area (Å²) in [6.07, 6.45) is 5.78. The minimum Gasteiger partial charge on any atom is -0.492 e. The lowest BCUT2D eigenvalue weighted by Gasteiger charge is -2.24. The Morgan fingerprint density at radius 1 is 1.19 bits per heavy atom. The Morgan fingerprint density at radius 2 is 2.08 bits per heavy atom. The number of para-hydroxylation sites is 1. The van der Waals surface area contributed by atoms with Gasteiger partial charge >= 0.3 is 0 Å². The number of pyridine rings is 1. The number of halogens is 1. The lowest BCUT2D eigenvalue weighted by atomic mass is 9.93. The predicted octanol–water partition coefficient (Wildman–Crippen LogP) is 3.86. The van der Waals surface area contributed by atoms with Crippen LogP contribution in [0.3, 0.4) is 0 Å². The van der Waals surface area contributed by atoms with Crippen LogP contribution in [0.5, 0.6) is 11.5 Å². The first-order chi connectivity index (χ1) is 17.6. The molecule has 2 aliphatic heterocycles. The van der Waals surface area contributed by atoms with E-state index in [2.05, 4.69) is 25.9 Å². The third-order valence-electron chi connectivity index (χ3n) is 6.53. The first-order valence-corrected chi connectivity index (χ1v) is 12.0. The van der Waals surface area contributed by atoms with E-state index < -0.39 is 5.82 Å². The molecule has 0 saturated carbocycles. The number of hydrogen-bond donors (Lipinski definition) is 4. The van der Waals surface area contributed by atoms with Crippen molar-refractivity contribution in [3.63, 3.8) is 0 Å². The summed E-state index contributed by atoms with van der Waals surface area (Å²) in [5.74, 6) is -0.237. The van der Waals surface area contributed by atoms with Crippen LogP contribution >= 0.6 is 0 Å². The molecule has 10 heteroatoms. The van der Waals surface area contributed by atoms with E-state index in [0.717, 1.165) is 5.69 Å². The van der Waals surface area contributed by atoms with Crippen molar-refractivity contribution >= 4 is 23.2 Å². The number of anilines is 2. The van der Waals surface area contributed by atoms with Crippen LogP contribution in [0.25, 0.3) is 11.3 Å². The molecule has 1 unspecified atom stereocenters. The minimum absolute atomic E-state index is 0.000244. The number of methoxy groups -OCH3 is 1. The van der Waals surface area contributed by atoms with Gasteiger partial charge in [0.2, 0.25) is 5.91 Å². The predicted molar refractivity (Wildman–Crippen MR) is 132 cm³/mol. The van der Waals surface area contributed by atoms with Gasteiger partial charge in [-0.3, -0.25) is 14.6 Å². The number of hydrogen-bond acceptors (Lipinski definition) is 6. The van der Waals surface area contributed by atoms with Crippen molar-refractivity contribution in [3.05, 3.63) is 53.7 Å². The fourth-order valence-corrected chi connectivity index (χ4v) is 4.74. The van der Waals surface area contributed by atoms with Gasteiger partial charge in [0.1, 0.15) is 5.75 Å². The maximum absolute atomic E-state index is 14.5. The summed E-state index contributed by atoms with van der Waals surface area (Å²) in [5.41, 5.74) is 3.40. The lowest BCUT2D eigenvalue weighted by molar-refractivity contribution is -0.121. The van der Waals surface area contributed by atoms with E-state index in [4.69, 9.17) is 9.47 Å². The number of benzene rings is 1. The van der Waals surface area contributed by atoms with Gasteiger partial charge in [0, 0.05) is 42.9 Å². The summed E-state index contributed by atoms with van der Waals surface area (Å²) in [7, 11) is 1.40. The van der Waals surface area contributed by atoms with E-state index in [9.17, 15) is 14.0 Å². The maximum atomic E-state index is 14.5.